The highest BCUT2D eigenvalue weighted by Crippen LogP contribution is 2.33. The molecule has 0 saturated carbocycles. The lowest BCUT2D eigenvalue weighted by Crippen LogP contribution is -2.12. The molecule has 0 heterocycles. The van der Waals surface area contributed by atoms with E-state index in [4.69, 9.17) is 18.9 Å². The lowest BCUT2D eigenvalue weighted by atomic mass is 10.0. The molecule has 33 heavy (non-hydrogen) atoms. The first-order valence-electron chi connectivity index (χ1n) is 10.4. The average molecular weight is 440 g/mol. The van der Waals surface area contributed by atoms with Crippen molar-refractivity contribution in [2.24, 2.45) is 0 Å². The molecule has 0 amide bonds. The lowest BCUT2D eigenvalue weighted by molar-refractivity contribution is 0.0722. The van der Waals surface area contributed by atoms with Gasteiger partial charge in [0, 0.05) is 0 Å². The van der Waals surface area contributed by atoms with Crippen LogP contribution < -0.4 is 18.9 Å². The summed E-state index contributed by atoms with van der Waals surface area (Å²) in [4.78, 5) is 12.9. The highest BCUT2D eigenvalue weighted by molar-refractivity contribution is 5.97. The van der Waals surface area contributed by atoms with Crippen LogP contribution in [0.3, 0.4) is 0 Å². The maximum Gasteiger partial charge on any atom is 0.351 e. The summed E-state index contributed by atoms with van der Waals surface area (Å²) in [5, 5.41) is 2.37. The SMILES string of the molecule is COc1cc(/C=C/c2cccc3ccccc23)ccc1OC(=O)c1c(OC)cccc1OC. The van der Waals surface area contributed by atoms with E-state index in [0.29, 0.717) is 23.0 Å². The van der Waals surface area contributed by atoms with Gasteiger partial charge in [0.1, 0.15) is 17.1 Å². The van der Waals surface area contributed by atoms with E-state index < -0.39 is 5.97 Å². The zero-order valence-electron chi connectivity index (χ0n) is 18.7. The Morgan fingerprint density at radius 3 is 2.06 bits per heavy atom. The average Bonchev–Trinajstić information content (AvgIpc) is 2.87. The van der Waals surface area contributed by atoms with Crippen LogP contribution in [0.4, 0.5) is 0 Å². The van der Waals surface area contributed by atoms with Gasteiger partial charge >= 0.3 is 5.97 Å². The van der Waals surface area contributed by atoms with Crippen molar-refractivity contribution >= 4 is 28.9 Å². The Morgan fingerprint density at radius 2 is 1.33 bits per heavy atom. The molecule has 0 aromatic heterocycles. The van der Waals surface area contributed by atoms with E-state index in [1.165, 1.54) is 32.1 Å². The predicted molar refractivity (Wildman–Crippen MR) is 130 cm³/mol. The first-order valence-corrected chi connectivity index (χ1v) is 10.4. The second kappa shape index (κ2) is 9.92. The minimum absolute atomic E-state index is 0.212. The molecule has 5 nitrogen and oxygen atoms in total. The van der Waals surface area contributed by atoms with Crippen molar-refractivity contribution in [1.29, 1.82) is 0 Å². The molecule has 4 aromatic rings. The molecule has 0 saturated heterocycles. The van der Waals surface area contributed by atoms with Crippen molar-refractivity contribution in [3.05, 3.63) is 95.6 Å². The number of fused-ring (bicyclic) bond motifs is 1. The van der Waals surface area contributed by atoms with Crippen molar-refractivity contribution in [1.82, 2.24) is 0 Å². The topological polar surface area (TPSA) is 54.0 Å². The fourth-order valence-electron chi connectivity index (χ4n) is 3.66. The number of esters is 1. The van der Waals surface area contributed by atoms with Crippen LogP contribution >= 0.6 is 0 Å². The maximum absolute atomic E-state index is 12.9. The molecule has 5 heteroatoms. The molecule has 0 fully saturated rings. The van der Waals surface area contributed by atoms with E-state index in [-0.39, 0.29) is 5.56 Å². The van der Waals surface area contributed by atoms with Gasteiger partial charge in [-0.25, -0.2) is 4.79 Å². The molecule has 4 rings (SSSR count). The molecule has 0 N–H and O–H groups in total. The molecule has 0 unspecified atom stereocenters. The summed E-state index contributed by atoms with van der Waals surface area (Å²) < 4.78 is 21.7. The Morgan fingerprint density at radius 1 is 0.667 bits per heavy atom. The first kappa shape index (κ1) is 22.0. The highest BCUT2D eigenvalue weighted by Gasteiger charge is 2.21. The zero-order valence-corrected chi connectivity index (χ0v) is 18.7. The molecule has 166 valence electrons. The third kappa shape index (κ3) is 4.67. The van der Waals surface area contributed by atoms with Crippen molar-refractivity contribution in [2.75, 3.05) is 21.3 Å². The van der Waals surface area contributed by atoms with E-state index in [2.05, 4.69) is 30.3 Å². The van der Waals surface area contributed by atoms with Gasteiger partial charge in [-0.15, -0.1) is 0 Å². The minimum atomic E-state index is -0.596. The van der Waals surface area contributed by atoms with Crippen LogP contribution in [0.25, 0.3) is 22.9 Å². The molecular formula is C28H24O5. The van der Waals surface area contributed by atoms with Gasteiger partial charge in [0.2, 0.25) is 0 Å². The molecule has 0 radical (unpaired) electrons. The van der Waals surface area contributed by atoms with Gasteiger partial charge in [0.05, 0.1) is 21.3 Å². The zero-order chi connectivity index (χ0) is 23.2. The first-order chi connectivity index (χ1) is 16.1. The minimum Gasteiger partial charge on any atom is -0.496 e. The van der Waals surface area contributed by atoms with Gasteiger partial charge in [-0.3, -0.25) is 0 Å². The van der Waals surface area contributed by atoms with Gasteiger partial charge in [-0.05, 0) is 46.2 Å². The quantitative estimate of drug-likeness (QED) is 0.193. The van der Waals surface area contributed by atoms with Crippen LogP contribution in [-0.4, -0.2) is 27.3 Å². The number of hydrogen-bond acceptors (Lipinski definition) is 5. The van der Waals surface area contributed by atoms with E-state index in [1.807, 2.05) is 36.4 Å². The van der Waals surface area contributed by atoms with Gasteiger partial charge in [0.25, 0.3) is 0 Å². The summed E-state index contributed by atoms with van der Waals surface area (Å²) in [5.41, 5.74) is 2.24. The number of benzene rings is 4. The molecule has 0 aliphatic rings. The number of carbonyl (C=O) groups excluding carboxylic acids is 1. The van der Waals surface area contributed by atoms with Gasteiger partial charge in [-0.1, -0.05) is 66.7 Å². The summed E-state index contributed by atoms with van der Waals surface area (Å²) in [7, 11) is 4.51. The molecule has 0 atom stereocenters. The van der Waals surface area contributed by atoms with E-state index in [0.717, 1.165) is 11.1 Å². The Labute approximate surface area is 192 Å². The maximum atomic E-state index is 12.9. The molecule has 0 aliphatic carbocycles. The standard InChI is InChI=1S/C28H24O5/c1-30-24-12-7-13-25(31-2)27(24)28(29)33-23-17-15-19(18-26(23)32-3)14-16-21-10-6-9-20-8-4-5-11-22(20)21/h4-18H,1-3H3/b16-14+. The number of hydrogen-bond donors (Lipinski definition) is 0. The van der Waals surface area contributed by atoms with Crippen molar-refractivity contribution in [3.8, 4) is 23.0 Å². The summed E-state index contributed by atoms with van der Waals surface area (Å²) >= 11 is 0. The predicted octanol–water partition coefficient (Wildman–Crippen LogP) is 6.26. The van der Waals surface area contributed by atoms with Crippen LogP contribution in [0, 0.1) is 0 Å². The summed E-state index contributed by atoms with van der Waals surface area (Å²) in [6, 6.07) is 25.0. The van der Waals surface area contributed by atoms with Gasteiger partial charge in [-0.2, -0.15) is 0 Å². The fraction of sp³-hybridized carbons (Fsp3) is 0.107. The lowest BCUT2D eigenvalue weighted by Gasteiger charge is -2.14. The van der Waals surface area contributed by atoms with Gasteiger partial charge in [0.15, 0.2) is 11.5 Å². The number of methoxy groups -OCH3 is 3. The summed E-state index contributed by atoms with van der Waals surface area (Å²) in [6.45, 7) is 0. The molecule has 4 aromatic carbocycles. The molecule has 0 spiro atoms. The van der Waals surface area contributed by atoms with E-state index in [9.17, 15) is 4.79 Å². The number of carbonyl (C=O) groups is 1. The molecule has 0 aliphatic heterocycles. The fourth-order valence-corrected chi connectivity index (χ4v) is 3.66. The Hall–Kier alpha value is -4.25. The van der Waals surface area contributed by atoms with Crippen LogP contribution in [-0.2, 0) is 0 Å². The smallest absolute Gasteiger partial charge is 0.351 e. The highest BCUT2D eigenvalue weighted by atomic mass is 16.6. The Bertz CT molecular complexity index is 1300. The second-order valence-electron chi connectivity index (χ2n) is 7.24. The van der Waals surface area contributed by atoms with Crippen LogP contribution in [0.5, 0.6) is 23.0 Å². The van der Waals surface area contributed by atoms with Crippen LogP contribution in [0.15, 0.2) is 78.9 Å². The van der Waals surface area contributed by atoms with Crippen molar-refractivity contribution < 1.29 is 23.7 Å². The second-order valence-corrected chi connectivity index (χ2v) is 7.24. The van der Waals surface area contributed by atoms with E-state index in [1.54, 1.807) is 24.3 Å². The molecular weight excluding hydrogens is 416 g/mol. The number of ether oxygens (including phenoxy) is 4. The van der Waals surface area contributed by atoms with Gasteiger partial charge < -0.3 is 18.9 Å². The molecule has 0 bridgehead atoms. The normalized spacial score (nSPS) is 10.9. The Kier molecular flexibility index (Phi) is 6.60. The van der Waals surface area contributed by atoms with E-state index >= 15 is 0 Å². The third-order valence-electron chi connectivity index (χ3n) is 5.30. The number of rotatable bonds is 7. The largest absolute Gasteiger partial charge is 0.496 e. The summed E-state index contributed by atoms with van der Waals surface area (Å²) in [6.07, 6.45) is 4.06. The van der Waals surface area contributed by atoms with Crippen LogP contribution in [0.1, 0.15) is 21.5 Å². The van der Waals surface area contributed by atoms with Crippen LogP contribution in [0.2, 0.25) is 0 Å². The summed E-state index contributed by atoms with van der Waals surface area (Å²) in [5.74, 6) is 0.887. The van der Waals surface area contributed by atoms with Crippen molar-refractivity contribution in [2.45, 2.75) is 0 Å². The Balaban J connectivity index is 1.60. The third-order valence-corrected chi connectivity index (χ3v) is 5.30. The monoisotopic (exact) mass is 440 g/mol. The van der Waals surface area contributed by atoms with Crippen molar-refractivity contribution in [3.63, 3.8) is 0 Å².